The van der Waals surface area contributed by atoms with E-state index in [0.29, 0.717) is 18.1 Å². The van der Waals surface area contributed by atoms with Crippen LogP contribution in [-0.4, -0.2) is 52.6 Å². The molecule has 37 heavy (non-hydrogen) atoms. The number of hydrogen-bond donors (Lipinski definition) is 1. The van der Waals surface area contributed by atoms with Crippen molar-refractivity contribution in [2.24, 2.45) is 5.92 Å². The van der Waals surface area contributed by atoms with Gasteiger partial charge in [0.25, 0.3) is 5.91 Å². The largest absolute Gasteiger partial charge is 0.508 e. The van der Waals surface area contributed by atoms with E-state index in [1.807, 2.05) is 54.6 Å². The Morgan fingerprint density at radius 2 is 1.86 bits per heavy atom. The van der Waals surface area contributed by atoms with Crippen molar-refractivity contribution in [3.8, 4) is 11.5 Å². The summed E-state index contributed by atoms with van der Waals surface area (Å²) < 4.78 is 6.08. The Morgan fingerprint density at radius 1 is 1.08 bits per heavy atom. The lowest BCUT2D eigenvalue weighted by atomic mass is 9.82. The maximum atomic E-state index is 13.9. The molecule has 1 saturated carbocycles. The standard InChI is InChI=1S/C32H34N2O3/c1-2-23-14-17-33(22-23)18-19-37-28-11-8-24(9-12-28)30-29-13-10-27(35)20-26(29)21-32(15-16-32)34(30)31(36)25-6-4-3-5-7-25/h2-13,20,23,30,35H,1,14-19,21-22H2/t23-,30?/m1/s1. The van der Waals surface area contributed by atoms with Crippen LogP contribution in [0.4, 0.5) is 0 Å². The molecule has 0 radical (unpaired) electrons. The van der Waals surface area contributed by atoms with E-state index in [0.717, 1.165) is 61.3 Å². The van der Waals surface area contributed by atoms with E-state index in [9.17, 15) is 9.90 Å². The first-order valence-corrected chi connectivity index (χ1v) is 13.3. The van der Waals surface area contributed by atoms with Crippen LogP contribution in [0.5, 0.6) is 11.5 Å². The van der Waals surface area contributed by atoms with Crippen LogP contribution in [0.3, 0.4) is 0 Å². The molecule has 2 aliphatic heterocycles. The van der Waals surface area contributed by atoms with Crippen LogP contribution in [0.2, 0.25) is 0 Å². The van der Waals surface area contributed by atoms with Crippen molar-refractivity contribution in [3.05, 3.63) is 108 Å². The molecule has 190 valence electrons. The van der Waals surface area contributed by atoms with Gasteiger partial charge in [-0.25, -0.2) is 0 Å². The summed E-state index contributed by atoms with van der Waals surface area (Å²) in [7, 11) is 0. The molecule has 2 fully saturated rings. The molecular weight excluding hydrogens is 460 g/mol. The van der Waals surface area contributed by atoms with Crippen LogP contribution in [-0.2, 0) is 6.42 Å². The second-order valence-electron chi connectivity index (χ2n) is 10.7. The molecule has 1 saturated heterocycles. The van der Waals surface area contributed by atoms with Gasteiger partial charge in [-0.15, -0.1) is 6.58 Å². The van der Waals surface area contributed by atoms with Gasteiger partial charge < -0.3 is 14.7 Å². The zero-order valence-electron chi connectivity index (χ0n) is 21.2. The highest BCUT2D eigenvalue weighted by atomic mass is 16.5. The number of fused-ring (bicyclic) bond motifs is 1. The molecule has 3 aromatic carbocycles. The Balaban J connectivity index is 1.26. The molecule has 1 aliphatic carbocycles. The van der Waals surface area contributed by atoms with Crippen molar-refractivity contribution < 1.29 is 14.6 Å². The smallest absolute Gasteiger partial charge is 0.255 e. The number of carbonyl (C=O) groups excluding carboxylic acids is 1. The van der Waals surface area contributed by atoms with Crippen LogP contribution >= 0.6 is 0 Å². The molecule has 2 atom stereocenters. The van der Waals surface area contributed by atoms with E-state index in [2.05, 4.69) is 34.6 Å². The molecule has 1 unspecified atom stereocenters. The van der Waals surface area contributed by atoms with Gasteiger partial charge in [-0.05, 0) is 91.2 Å². The van der Waals surface area contributed by atoms with E-state index < -0.39 is 0 Å². The maximum absolute atomic E-state index is 13.9. The number of nitrogens with zero attached hydrogens (tertiary/aromatic N) is 2. The molecular formula is C32H34N2O3. The molecule has 1 N–H and O–H groups in total. The molecule has 3 aromatic rings. The number of aromatic hydroxyl groups is 1. The maximum Gasteiger partial charge on any atom is 0.255 e. The van der Waals surface area contributed by atoms with Crippen molar-refractivity contribution in [3.63, 3.8) is 0 Å². The number of phenols is 1. The fourth-order valence-corrected chi connectivity index (χ4v) is 6.10. The minimum absolute atomic E-state index is 0.0607. The Morgan fingerprint density at radius 3 is 2.57 bits per heavy atom. The van der Waals surface area contributed by atoms with Crippen LogP contribution in [0, 0.1) is 5.92 Å². The number of benzene rings is 3. The molecule has 5 heteroatoms. The fourth-order valence-electron chi connectivity index (χ4n) is 6.10. The number of hydrogen-bond acceptors (Lipinski definition) is 4. The van der Waals surface area contributed by atoms with Crippen LogP contribution in [0.15, 0.2) is 85.5 Å². The van der Waals surface area contributed by atoms with Gasteiger partial charge >= 0.3 is 0 Å². The first kappa shape index (κ1) is 23.8. The predicted octanol–water partition coefficient (Wildman–Crippen LogP) is 5.60. The highest BCUT2D eigenvalue weighted by Gasteiger charge is 2.56. The lowest BCUT2D eigenvalue weighted by molar-refractivity contribution is 0.0541. The summed E-state index contributed by atoms with van der Waals surface area (Å²) in [6.07, 6.45) is 5.96. The van der Waals surface area contributed by atoms with Gasteiger partial charge in [0.05, 0.1) is 6.04 Å². The van der Waals surface area contributed by atoms with Gasteiger partial charge in [0.1, 0.15) is 18.1 Å². The van der Waals surface area contributed by atoms with Crippen molar-refractivity contribution in [2.45, 2.75) is 37.3 Å². The SMILES string of the molecule is C=C[C@@H]1CCN(CCOc2ccc(C3c4ccc(O)cc4CC4(CC4)N3C(=O)c3ccccc3)cc2)C1. The molecule has 6 rings (SSSR count). The first-order chi connectivity index (χ1) is 18.1. The highest BCUT2D eigenvalue weighted by Crippen LogP contribution is 2.55. The second kappa shape index (κ2) is 9.71. The summed E-state index contributed by atoms with van der Waals surface area (Å²) in [6.45, 7) is 7.65. The predicted molar refractivity (Wildman–Crippen MR) is 145 cm³/mol. The average molecular weight is 495 g/mol. The molecule has 0 aromatic heterocycles. The van der Waals surface area contributed by atoms with Gasteiger partial charge in [0, 0.05) is 24.2 Å². The molecule has 3 aliphatic rings. The number of carbonyl (C=O) groups is 1. The summed E-state index contributed by atoms with van der Waals surface area (Å²) in [6, 6.07) is 23.2. The summed E-state index contributed by atoms with van der Waals surface area (Å²) in [5, 5.41) is 10.2. The summed E-state index contributed by atoms with van der Waals surface area (Å²) in [4.78, 5) is 18.5. The van der Waals surface area contributed by atoms with Gasteiger partial charge in [-0.1, -0.05) is 42.5 Å². The minimum atomic E-state index is -0.214. The molecule has 5 nitrogen and oxygen atoms in total. The number of phenolic OH excluding ortho intramolecular Hbond substituents is 1. The van der Waals surface area contributed by atoms with E-state index >= 15 is 0 Å². The van der Waals surface area contributed by atoms with Crippen molar-refractivity contribution >= 4 is 5.91 Å². The Kier molecular flexibility index (Phi) is 6.25. The third-order valence-corrected chi connectivity index (χ3v) is 8.29. The molecule has 2 heterocycles. The van der Waals surface area contributed by atoms with Gasteiger partial charge in [-0.2, -0.15) is 0 Å². The summed E-state index contributed by atoms with van der Waals surface area (Å²) in [5.74, 6) is 1.77. The minimum Gasteiger partial charge on any atom is -0.508 e. The van der Waals surface area contributed by atoms with E-state index in [1.54, 1.807) is 6.07 Å². The first-order valence-electron chi connectivity index (χ1n) is 13.3. The highest BCUT2D eigenvalue weighted by molar-refractivity contribution is 5.96. The summed E-state index contributed by atoms with van der Waals surface area (Å²) >= 11 is 0. The third-order valence-electron chi connectivity index (χ3n) is 8.29. The molecule has 0 bridgehead atoms. The van der Waals surface area contributed by atoms with Crippen LogP contribution < -0.4 is 4.74 Å². The monoisotopic (exact) mass is 494 g/mol. The molecule has 1 spiro atoms. The normalized spacial score (nSPS) is 22.0. The zero-order valence-corrected chi connectivity index (χ0v) is 21.2. The Hall–Kier alpha value is -3.57. The lowest BCUT2D eigenvalue weighted by Crippen LogP contribution is -2.49. The average Bonchev–Trinajstić information content (AvgIpc) is 3.52. The Labute approximate surface area is 219 Å². The zero-order chi connectivity index (χ0) is 25.4. The van der Waals surface area contributed by atoms with E-state index in [1.165, 1.54) is 6.42 Å². The van der Waals surface area contributed by atoms with Crippen LogP contribution in [0.25, 0.3) is 0 Å². The van der Waals surface area contributed by atoms with E-state index in [-0.39, 0.29) is 23.2 Å². The molecule has 1 amide bonds. The van der Waals surface area contributed by atoms with Crippen LogP contribution in [0.1, 0.15) is 52.4 Å². The third kappa shape index (κ3) is 4.64. The number of ether oxygens (including phenoxy) is 1. The fraction of sp³-hybridized carbons (Fsp3) is 0.344. The quantitative estimate of drug-likeness (QED) is 0.435. The topological polar surface area (TPSA) is 53.0 Å². The number of amides is 1. The second-order valence-corrected chi connectivity index (χ2v) is 10.7. The van der Waals surface area contributed by atoms with Gasteiger partial charge in [0.2, 0.25) is 0 Å². The number of likely N-dealkylation sites (tertiary alicyclic amines) is 1. The van der Waals surface area contributed by atoms with Gasteiger partial charge in [0.15, 0.2) is 0 Å². The Bertz CT molecular complexity index is 1280. The van der Waals surface area contributed by atoms with Crippen molar-refractivity contribution in [2.75, 3.05) is 26.2 Å². The van der Waals surface area contributed by atoms with E-state index in [4.69, 9.17) is 4.74 Å². The van der Waals surface area contributed by atoms with Crippen molar-refractivity contribution in [1.82, 2.24) is 9.80 Å². The number of rotatable bonds is 7. The van der Waals surface area contributed by atoms with Gasteiger partial charge in [-0.3, -0.25) is 9.69 Å². The summed E-state index contributed by atoms with van der Waals surface area (Å²) in [5.41, 5.74) is 3.78. The van der Waals surface area contributed by atoms with Crippen molar-refractivity contribution in [1.29, 1.82) is 0 Å². The lowest BCUT2D eigenvalue weighted by Gasteiger charge is -2.44.